The minimum atomic E-state index is 0.489. The van der Waals surface area contributed by atoms with Gasteiger partial charge in [0.05, 0.1) is 11.6 Å². The Morgan fingerprint density at radius 2 is 1.80 bits per heavy atom. The molecule has 0 saturated heterocycles. The van der Waals surface area contributed by atoms with E-state index < -0.39 is 0 Å². The molecule has 0 unspecified atom stereocenters. The van der Waals surface area contributed by atoms with Crippen LogP contribution in [0.1, 0.15) is 50.2 Å². The molecule has 0 fully saturated rings. The van der Waals surface area contributed by atoms with Gasteiger partial charge in [-0.1, -0.05) is 69.5 Å². The van der Waals surface area contributed by atoms with Crippen LogP contribution in [-0.2, 0) is 6.42 Å². The normalized spacial score (nSPS) is 10.2. The van der Waals surface area contributed by atoms with Crippen molar-refractivity contribution in [3.8, 4) is 22.9 Å². The molecule has 0 aliphatic rings. The number of nitriles is 1. The molecule has 0 aromatic heterocycles. The average Bonchev–Trinajstić information content (AvgIpc) is 2.66. The summed E-state index contributed by atoms with van der Waals surface area (Å²) in [6.45, 7) is 6.47. The van der Waals surface area contributed by atoms with Gasteiger partial charge in [0.1, 0.15) is 12.4 Å². The summed E-state index contributed by atoms with van der Waals surface area (Å²) in [5, 5.41) is 8.96. The van der Waals surface area contributed by atoms with Crippen LogP contribution in [0.4, 0.5) is 0 Å². The van der Waals surface area contributed by atoms with Gasteiger partial charge in [0.2, 0.25) is 0 Å². The maximum atomic E-state index is 8.96. The Bertz CT molecular complexity index is 710. The van der Waals surface area contributed by atoms with Crippen LogP contribution in [0.2, 0.25) is 0 Å². The van der Waals surface area contributed by atoms with E-state index in [1.807, 2.05) is 24.3 Å². The van der Waals surface area contributed by atoms with E-state index in [9.17, 15) is 0 Å². The molecule has 2 aromatic carbocycles. The van der Waals surface area contributed by atoms with Crippen LogP contribution < -0.4 is 4.74 Å². The van der Waals surface area contributed by atoms with E-state index in [0.717, 1.165) is 23.3 Å². The summed E-state index contributed by atoms with van der Waals surface area (Å²) in [4.78, 5) is 0. The highest BCUT2D eigenvalue weighted by Crippen LogP contribution is 2.32. The third-order valence-electron chi connectivity index (χ3n) is 4.30. The minimum absolute atomic E-state index is 0.489. The fraction of sp³-hybridized carbons (Fsp3) is 0.348. The topological polar surface area (TPSA) is 33.0 Å². The monoisotopic (exact) mass is 333 g/mol. The standard InChI is InChI=1S/C23H27NO/c1-3-5-6-7-8-9-19-12-15-22(23(17-19)25-16-4-2)21-13-10-20(18-24)11-14-21/h4,10-15,17H,2-3,5-9,16H2,1H3. The largest absolute Gasteiger partial charge is 0.489 e. The van der Waals surface area contributed by atoms with Gasteiger partial charge in [-0.3, -0.25) is 0 Å². The Morgan fingerprint density at radius 1 is 1.04 bits per heavy atom. The lowest BCUT2D eigenvalue weighted by Crippen LogP contribution is -1.97. The lowest BCUT2D eigenvalue weighted by molar-refractivity contribution is 0.364. The molecule has 2 rings (SSSR count). The minimum Gasteiger partial charge on any atom is -0.489 e. The van der Waals surface area contributed by atoms with E-state index in [4.69, 9.17) is 10.00 Å². The van der Waals surface area contributed by atoms with Crippen molar-refractivity contribution < 1.29 is 4.74 Å². The molecule has 0 N–H and O–H groups in total. The fourth-order valence-corrected chi connectivity index (χ4v) is 2.89. The van der Waals surface area contributed by atoms with Crippen LogP contribution in [0.3, 0.4) is 0 Å². The summed E-state index contributed by atoms with van der Waals surface area (Å²) in [6.07, 6.45) is 9.27. The SMILES string of the molecule is C=CCOc1cc(CCCCCCC)ccc1-c1ccc(C#N)cc1. The molecule has 130 valence electrons. The number of aryl methyl sites for hydroxylation is 1. The van der Waals surface area contributed by atoms with E-state index in [0.29, 0.717) is 12.2 Å². The first kappa shape index (κ1) is 18.8. The number of hydrogen-bond acceptors (Lipinski definition) is 2. The van der Waals surface area contributed by atoms with Gasteiger partial charge in [-0.05, 0) is 42.2 Å². The number of ether oxygens (including phenoxy) is 1. The van der Waals surface area contributed by atoms with Crippen molar-refractivity contribution in [1.82, 2.24) is 0 Å². The molecule has 0 aliphatic heterocycles. The maximum Gasteiger partial charge on any atom is 0.127 e. The molecule has 2 nitrogen and oxygen atoms in total. The quantitative estimate of drug-likeness (QED) is 0.377. The molecule has 0 aliphatic carbocycles. The van der Waals surface area contributed by atoms with Gasteiger partial charge in [-0.2, -0.15) is 5.26 Å². The summed E-state index contributed by atoms with van der Waals surface area (Å²) in [5.74, 6) is 0.885. The summed E-state index contributed by atoms with van der Waals surface area (Å²) in [5.41, 5.74) is 4.10. The van der Waals surface area contributed by atoms with Crippen LogP contribution in [0.5, 0.6) is 5.75 Å². The van der Waals surface area contributed by atoms with Crippen LogP contribution >= 0.6 is 0 Å². The molecule has 2 heteroatoms. The molecular weight excluding hydrogens is 306 g/mol. The second kappa shape index (κ2) is 10.4. The molecule has 0 bridgehead atoms. The first-order valence-electron chi connectivity index (χ1n) is 9.15. The Balaban J connectivity index is 2.15. The molecule has 0 amide bonds. The third kappa shape index (κ3) is 5.80. The van der Waals surface area contributed by atoms with E-state index in [1.54, 1.807) is 6.08 Å². The van der Waals surface area contributed by atoms with Gasteiger partial charge >= 0.3 is 0 Å². The lowest BCUT2D eigenvalue weighted by atomic mass is 9.99. The van der Waals surface area contributed by atoms with Crippen molar-refractivity contribution in [1.29, 1.82) is 5.26 Å². The number of hydrogen-bond donors (Lipinski definition) is 0. The molecular formula is C23H27NO. The third-order valence-corrected chi connectivity index (χ3v) is 4.30. The van der Waals surface area contributed by atoms with Crippen molar-refractivity contribution in [3.63, 3.8) is 0 Å². The number of benzene rings is 2. The zero-order chi connectivity index (χ0) is 17.9. The smallest absolute Gasteiger partial charge is 0.127 e. The molecule has 0 atom stereocenters. The molecule has 0 heterocycles. The highest BCUT2D eigenvalue weighted by Gasteiger charge is 2.08. The predicted molar refractivity (Wildman–Crippen MR) is 105 cm³/mol. The zero-order valence-corrected chi connectivity index (χ0v) is 15.1. The Labute approximate surface area is 151 Å². The average molecular weight is 333 g/mol. The summed E-state index contributed by atoms with van der Waals surface area (Å²) >= 11 is 0. The fourth-order valence-electron chi connectivity index (χ4n) is 2.89. The number of rotatable bonds is 10. The van der Waals surface area contributed by atoms with Crippen LogP contribution in [0, 0.1) is 11.3 Å². The van der Waals surface area contributed by atoms with Gasteiger partial charge in [0.25, 0.3) is 0 Å². The van der Waals surface area contributed by atoms with Crippen LogP contribution in [-0.4, -0.2) is 6.61 Å². The molecule has 0 saturated carbocycles. The van der Waals surface area contributed by atoms with Gasteiger partial charge in [-0.15, -0.1) is 0 Å². The van der Waals surface area contributed by atoms with E-state index in [1.165, 1.54) is 37.7 Å². The lowest BCUT2D eigenvalue weighted by Gasteiger charge is -2.13. The second-order valence-electron chi connectivity index (χ2n) is 6.28. The molecule has 0 spiro atoms. The van der Waals surface area contributed by atoms with Gasteiger partial charge in [-0.25, -0.2) is 0 Å². The first-order chi connectivity index (χ1) is 12.3. The molecule has 25 heavy (non-hydrogen) atoms. The van der Waals surface area contributed by atoms with Crippen molar-refractivity contribution in [3.05, 3.63) is 66.2 Å². The van der Waals surface area contributed by atoms with E-state index >= 15 is 0 Å². The van der Waals surface area contributed by atoms with Crippen molar-refractivity contribution in [2.75, 3.05) is 6.61 Å². The Kier molecular flexibility index (Phi) is 7.79. The summed E-state index contributed by atoms with van der Waals surface area (Å²) in [6, 6.07) is 16.2. The Morgan fingerprint density at radius 3 is 2.48 bits per heavy atom. The van der Waals surface area contributed by atoms with Crippen LogP contribution in [0.15, 0.2) is 55.1 Å². The van der Waals surface area contributed by atoms with E-state index in [-0.39, 0.29) is 0 Å². The van der Waals surface area contributed by atoms with Crippen molar-refractivity contribution >= 4 is 0 Å². The maximum absolute atomic E-state index is 8.96. The first-order valence-corrected chi connectivity index (χ1v) is 9.15. The molecule has 0 radical (unpaired) electrons. The number of nitrogens with zero attached hydrogens (tertiary/aromatic N) is 1. The Hall–Kier alpha value is -2.53. The second-order valence-corrected chi connectivity index (χ2v) is 6.28. The summed E-state index contributed by atoms with van der Waals surface area (Å²) < 4.78 is 5.90. The number of unbranched alkanes of at least 4 members (excludes halogenated alkanes) is 4. The highest BCUT2D eigenvalue weighted by atomic mass is 16.5. The van der Waals surface area contributed by atoms with Crippen molar-refractivity contribution in [2.24, 2.45) is 0 Å². The van der Waals surface area contributed by atoms with Crippen LogP contribution in [0.25, 0.3) is 11.1 Å². The predicted octanol–water partition coefficient (Wildman–Crippen LogP) is 6.30. The summed E-state index contributed by atoms with van der Waals surface area (Å²) in [7, 11) is 0. The van der Waals surface area contributed by atoms with Gasteiger partial charge in [0.15, 0.2) is 0 Å². The molecule has 2 aromatic rings. The zero-order valence-electron chi connectivity index (χ0n) is 15.1. The van der Waals surface area contributed by atoms with E-state index in [2.05, 4.69) is 37.8 Å². The van der Waals surface area contributed by atoms with Gasteiger partial charge < -0.3 is 4.74 Å². The van der Waals surface area contributed by atoms with Gasteiger partial charge in [0, 0.05) is 5.56 Å². The van der Waals surface area contributed by atoms with Crippen molar-refractivity contribution in [2.45, 2.75) is 45.4 Å². The highest BCUT2D eigenvalue weighted by molar-refractivity contribution is 5.71.